The second-order valence-corrected chi connectivity index (χ2v) is 8.94. The van der Waals surface area contributed by atoms with Gasteiger partial charge in [0.1, 0.15) is 26.6 Å². The highest BCUT2D eigenvalue weighted by molar-refractivity contribution is 7.18. The van der Waals surface area contributed by atoms with Crippen molar-refractivity contribution in [2.75, 3.05) is 11.9 Å². The van der Waals surface area contributed by atoms with Crippen molar-refractivity contribution in [3.63, 3.8) is 0 Å². The van der Waals surface area contributed by atoms with Gasteiger partial charge in [0, 0.05) is 5.39 Å². The number of hydrogen-bond donors (Lipinski definition) is 1. The first-order valence-corrected chi connectivity index (χ1v) is 10.7. The molecule has 0 radical (unpaired) electrons. The molecular weight excluding hydrogens is 434 g/mol. The minimum absolute atomic E-state index is 0.0382. The molecule has 168 valence electrons. The highest BCUT2D eigenvalue weighted by atomic mass is 32.1. The van der Waals surface area contributed by atoms with Gasteiger partial charge in [-0.1, -0.05) is 18.2 Å². The Kier molecular flexibility index (Phi) is 6.50. The zero-order valence-corrected chi connectivity index (χ0v) is 19.2. The fourth-order valence-corrected chi connectivity index (χ4v) is 4.03. The van der Waals surface area contributed by atoms with Crippen molar-refractivity contribution in [1.82, 2.24) is 0 Å². The van der Waals surface area contributed by atoms with Gasteiger partial charge in [-0.05, 0) is 52.3 Å². The monoisotopic (exact) mass is 457 g/mol. The molecule has 2 heterocycles. The summed E-state index contributed by atoms with van der Waals surface area (Å²) in [4.78, 5) is 50.6. The van der Waals surface area contributed by atoms with Gasteiger partial charge in [-0.15, -0.1) is 11.3 Å². The number of rotatable bonds is 5. The molecule has 0 aliphatic heterocycles. The van der Waals surface area contributed by atoms with Crippen molar-refractivity contribution >= 4 is 45.2 Å². The molecule has 0 aliphatic rings. The average molecular weight is 458 g/mol. The third-order valence-corrected chi connectivity index (χ3v) is 5.51. The van der Waals surface area contributed by atoms with Crippen LogP contribution in [0.15, 0.2) is 39.5 Å². The molecule has 8 nitrogen and oxygen atoms in total. The first kappa shape index (κ1) is 23.2. The summed E-state index contributed by atoms with van der Waals surface area (Å²) in [5.41, 5.74) is -1.09. The van der Waals surface area contributed by atoms with Gasteiger partial charge in [0.25, 0.3) is 5.91 Å². The minimum Gasteiger partial charge on any atom is -0.462 e. The van der Waals surface area contributed by atoms with E-state index in [0.717, 1.165) is 11.3 Å². The number of carbonyl (C=O) groups is 3. The molecule has 0 saturated heterocycles. The summed E-state index contributed by atoms with van der Waals surface area (Å²) in [6.45, 7) is 8.50. The van der Waals surface area contributed by atoms with Gasteiger partial charge in [0.15, 0.2) is 0 Å². The van der Waals surface area contributed by atoms with E-state index in [4.69, 9.17) is 13.9 Å². The number of amides is 1. The number of thiophene rings is 1. The summed E-state index contributed by atoms with van der Waals surface area (Å²) in [5, 5.41) is 3.21. The van der Waals surface area contributed by atoms with E-state index in [9.17, 15) is 19.2 Å². The van der Waals surface area contributed by atoms with Crippen molar-refractivity contribution in [1.29, 1.82) is 0 Å². The lowest BCUT2D eigenvalue weighted by Gasteiger charge is -2.19. The van der Waals surface area contributed by atoms with Crippen LogP contribution in [0.25, 0.3) is 11.0 Å². The van der Waals surface area contributed by atoms with Crippen molar-refractivity contribution in [2.45, 2.75) is 40.2 Å². The summed E-state index contributed by atoms with van der Waals surface area (Å²) in [6, 6.07) is 8.19. The number of ether oxygens (including phenoxy) is 2. The number of fused-ring (bicyclic) bond motifs is 1. The quantitative estimate of drug-likeness (QED) is 0.442. The van der Waals surface area contributed by atoms with E-state index in [1.165, 1.54) is 6.07 Å². The van der Waals surface area contributed by atoms with Crippen molar-refractivity contribution in [3.8, 4) is 0 Å². The Morgan fingerprint density at radius 1 is 1.12 bits per heavy atom. The van der Waals surface area contributed by atoms with Crippen LogP contribution in [-0.4, -0.2) is 30.1 Å². The number of esters is 2. The van der Waals surface area contributed by atoms with Gasteiger partial charge in [-0.25, -0.2) is 14.4 Å². The fourth-order valence-electron chi connectivity index (χ4n) is 2.96. The lowest BCUT2D eigenvalue weighted by atomic mass is 10.1. The number of benzene rings is 1. The minimum atomic E-state index is -0.820. The molecule has 0 fully saturated rings. The molecule has 2 aromatic heterocycles. The summed E-state index contributed by atoms with van der Waals surface area (Å²) < 4.78 is 15.7. The molecule has 9 heteroatoms. The summed E-state index contributed by atoms with van der Waals surface area (Å²) in [6.07, 6.45) is 0. The average Bonchev–Trinajstić information content (AvgIpc) is 3.02. The van der Waals surface area contributed by atoms with Gasteiger partial charge >= 0.3 is 17.6 Å². The molecule has 1 N–H and O–H groups in total. The SMILES string of the molecule is CCOC(=O)c1c(NC(=O)c2cc3ccccc3oc2=O)sc(C(=O)OC(C)(C)C)c1C. The first-order chi connectivity index (χ1) is 15.0. The normalized spacial score (nSPS) is 11.3. The zero-order valence-electron chi connectivity index (χ0n) is 18.4. The van der Waals surface area contributed by atoms with Crippen molar-refractivity contribution in [2.24, 2.45) is 0 Å². The summed E-state index contributed by atoms with van der Waals surface area (Å²) in [5.74, 6) is -2.10. The predicted octanol–water partition coefficient (Wildman–Crippen LogP) is 4.55. The number of para-hydroxylation sites is 1. The number of hydrogen-bond acceptors (Lipinski definition) is 8. The lowest BCUT2D eigenvalue weighted by molar-refractivity contribution is 0.00744. The molecule has 0 saturated carbocycles. The topological polar surface area (TPSA) is 112 Å². The van der Waals surface area contributed by atoms with E-state index in [2.05, 4.69) is 5.32 Å². The van der Waals surface area contributed by atoms with E-state index in [0.29, 0.717) is 16.5 Å². The Bertz CT molecular complexity index is 1260. The molecule has 1 amide bonds. The Morgan fingerprint density at radius 2 is 1.81 bits per heavy atom. The zero-order chi connectivity index (χ0) is 23.6. The van der Waals surface area contributed by atoms with Crippen LogP contribution in [0.2, 0.25) is 0 Å². The third-order valence-electron chi connectivity index (χ3n) is 4.32. The van der Waals surface area contributed by atoms with Crippen LogP contribution in [-0.2, 0) is 9.47 Å². The van der Waals surface area contributed by atoms with E-state index in [-0.39, 0.29) is 27.6 Å². The van der Waals surface area contributed by atoms with Gasteiger partial charge < -0.3 is 19.2 Å². The van der Waals surface area contributed by atoms with Crippen LogP contribution in [0.5, 0.6) is 0 Å². The molecule has 3 aromatic rings. The molecular formula is C23H23NO7S. The second kappa shape index (κ2) is 8.96. The van der Waals surface area contributed by atoms with Crippen LogP contribution in [0.4, 0.5) is 5.00 Å². The molecule has 3 rings (SSSR count). The van der Waals surface area contributed by atoms with Crippen molar-refractivity contribution < 1.29 is 28.3 Å². The summed E-state index contributed by atoms with van der Waals surface area (Å²) in [7, 11) is 0. The third kappa shape index (κ3) is 4.88. The Hall–Kier alpha value is -3.46. The highest BCUT2D eigenvalue weighted by Crippen LogP contribution is 2.35. The van der Waals surface area contributed by atoms with Gasteiger partial charge in [-0.3, -0.25) is 4.79 Å². The Labute approximate surface area is 188 Å². The molecule has 32 heavy (non-hydrogen) atoms. The molecule has 0 atom stereocenters. The molecule has 0 aliphatic carbocycles. The van der Waals surface area contributed by atoms with Gasteiger partial charge in [0.2, 0.25) is 0 Å². The Morgan fingerprint density at radius 3 is 2.47 bits per heavy atom. The van der Waals surface area contributed by atoms with E-state index >= 15 is 0 Å². The largest absolute Gasteiger partial charge is 0.462 e. The van der Waals surface area contributed by atoms with Gasteiger partial charge in [0.05, 0.1) is 12.2 Å². The maximum atomic E-state index is 12.9. The van der Waals surface area contributed by atoms with Crippen LogP contribution >= 0.6 is 11.3 Å². The van der Waals surface area contributed by atoms with Crippen LogP contribution in [0.1, 0.15) is 63.6 Å². The standard InChI is InChI=1S/C23H23NO7S/c1-6-29-21(27)16-12(2)17(22(28)31-23(3,4)5)32-19(16)24-18(25)14-11-13-9-7-8-10-15(13)30-20(14)26/h7-11H,6H2,1-5H3,(H,24,25). The second-order valence-electron chi connectivity index (χ2n) is 7.92. The molecule has 0 unspecified atom stereocenters. The van der Waals surface area contributed by atoms with Crippen LogP contribution < -0.4 is 10.9 Å². The molecule has 0 bridgehead atoms. The van der Waals surface area contributed by atoms with E-state index in [1.54, 1.807) is 58.9 Å². The van der Waals surface area contributed by atoms with E-state index in [1.807, 2.05) is 0 Å². The molecule has 0 spiro atoms. The maximum absolute atomic E-state index is 12.9. The van der Waals surface area contributed by atoms with Crippen LogP contribution in [0.3, 0.4) is 0 Å². The fraction of sp³-hybridized carbons (Fsp3) is 0.304. The highest BCUT2D eigenvalue weighted by Gasteiger charge is 2.30. The lowest BCUT2D eigenvalue weighted by Crippen LogP contribution is -2.23. The van der Waals surface area contributed by atoms with Crippen molar-refractivity contribution in [3.05, 3.63) is 62.3 Å². The number of nitrogens with one attached hydrogen (secondary N) is 1. The molecule has 1 aromatic carbocycles. The number of anilines is 1. The smallest absolute Gasteiger partial charge is 0.349 e. The predicted molar refractivity (Wildman–Crippen MR) is 121 cm³/mol. The van der Waals surface area contributed by atoms with Crippen LogP contribution in [0, 0.1) is 6.92 Å². The maximum Gasteiger partial charge on any atom is 0.349 e. The summed E-state index contributed by atoms with van der Waals surface area (Å²) >= 11 is 0.882. The Balaban J connectivity index is 2.02. The first-order valence-electron chi connectivity index (χ1n) is 9.90. The number of carbonyl (C=O) groups excluding carboxylic acids is 3. The van der Waals surface area contributed by atoms with Gasteiger partial charge in [-0.2, -0.15) is 0 Å². The van der Waals surface area contributed by atoms with E-state index < -0.39 is 29.1 Å².